The first-order valence-electron chi connectivity index (χ1n) is 7.21. The number of fused-ring (bicyclic) bond motifs is 1. The Balaban J connectivity index is 2.00. The van der Waals surface area contributed by atoms with Gasteiger partial charge in [-0.05, 0) is 13.3 Å². The van der Waals surface area contributed by atoms with Gasteiger partial charge in [0.1, 0.15) is 5.82 Å². The van der Waals surface area contributed by atoms with E-state index in [2.05, 4.69) is 33.4 Å². The topological polar surface area (TPSA) is 45.5 Å². The Labute approximate surface area is 123 Å². The standard InChI is InChI=1S/C14H21N5S/c1-3-4-15-12-9-18-6-5-16-13(18)14(17-12)19-7-8-20-10-11(19)2/h5-6,9,11,15H,3-4,7-8,10H2,1-2H3. The van der Waals surface area contributed by atoms with Crippen LogP contribution in [0.1, 0.15) is 20.3 Å². The van der Waals surface area contributed by atoms with Gasteiger partial charge in [0.25, 0.3) is 0 Å². The molecule has 1 atom stereocenters. The number of hydrogen-bond donors (Lipinski definition) is 1. The van der Waals surface area contributed by atoms with Crippen LogP contribution in [0.5, 0.6) is 0 Å². The highest BCUT2D eigenvalue weighted by atomic mass is 32.2. The molecule has 6 heteroatoms. The minimum Gasteiger partial charge on any atom is -0.369 e. The Morgan fingerprint density at radius 2 is 2.40 bits per heavy atom. The zero-order chi connectivity index (χ0) is 13.9. The van der Waals surface area contributed by atoms with Crippen LogP contribution < -0.4 is 10.2 Å². The van der Waals surface area contributed by atoms with Crippen LogP contribution in [-0.2, 0) is 0 Å². The molecule has 1 aliphatic heterocycles. The first-order chi connectivity index (χ1) is 9.79. The number of aromatic nitrogens is 3. The van der Waals surface area contributed by atoms with E-state index in [1.54, 1.807) is 0 Å². The predicted molar refractivity (Wildman–Crippen MR) is 85.9 cm³/mol. The maximum absolute atomic E-state index is 4.81. The summed E-state index contributed by atoms with van der Waals surface area (Å²) in [5.74, 6) is 4.24. The highest BCUT2D eigenvalue weighted by Gasteiger charge is 2.23. The first-order valence-corrected chi connectivity index (χ1v) is 8.37. The lowest BCUT2D eigenvalue weighted by molar-refractivity contribution is 0.690. The van der Waals surface area contributed by atoms with Crippen LogP contribution in [-0.4, -0.2) is 45.0 Å². The zero-order valence-corrected chi connectivity index (χ0v) is 12.9. The fourth-order valence-corrected chi connectivity index (χ4v) is 3.50. The average molecular weight is 291 g/mol. The summed E-state index contributed by atoms with van der Waals surface area (Å²) in [5, 5.41) is 3.38. The van der Waals surface area contributed by atoms with Crippen molar-refractivity contribution in [3.8, 4) is 0 Å². The highest BCUT2D eigenvalue weighted by Crippen LogP contribution is 2.26. The van der Waals surface area contributed by atoms with Crippen molar-refractivity contribution < 1.29 is 0 Å². The van der Waals surface area contributed by atoms with Crippen LogP contribution in [0.15, 0.2) is 18.6 Å². The summed E-state index contributed by atoms with van der Waals surface area (Å²) in [6, 6.07) is 0.503. The number of thioether (sulfide) groups is 1. The van der Waals surface area contributed by atoms with Gasteiger partial charge in [-0.3, -0.25) is 0 Å². The van der Waals surface area contributed by atoms with Crippen LogP contribution in [0.4, 0.5) is 11.6 Å². The van der Waals surface area contributed by atoms with Crippen molar-refractivity contribution in [2.45, 2.75) is 26.3 Å². The molecule has 0 bridgehead atoms. The summed E-state index contributed by atoms with van der Waals surface area (Å²) in [6.45, 7) is 6.41. The number of anilines is 2. The van der Waals surface area contributed by atoms with Gasteiger partial charge in [0.05, 0.1) is 6.20 Å². The van der Waals surface area contributed by atoms with Crippen molar-refractivity contribution in [3.63, 3.8) is 0 Å². The monoisotopic (exact) mass is 291 g/mol. The molecular weight excluding hydrogens is 270 g/mol. The summed E-state index contributed by atoms with van der Waals surface area (Å²) in [4.78, 5) is 11.7. The van der Waals surface area contributed by atoms with Crippen LogP contribution >= 0.6 is 11.8 Å². The van der Waals surface area contributed by atoms with Gasteiger partial charge >= 0.3 is 0 Å². The van der Waals surface area contributed by atoms with Crippen molar-refractivity contribution >= 4 is 29.0 Å². The lowest BCUT2D eigenvalue weighted by Crippen LogP contribution is -2.41. The van der Waals surface area contributed by atoms with E-state index in [1.165, 1.54) is 0 Å². The molecule has 0 saturated carbocycles. The second kappa shape index (κ2) is 5.91. The quantitative estimate of drug-likeness (QED) is 0.937. The smallest absolute Gasteiger partial charge is 0.180 e. The summed E-state index contributed by atoms with van der Waals surface area (Å²) in [5.41, 5.74) is 0.950. The van der Waals surface area contributed by atoms with Gasteiger partial charge in [-0.15, -0.1) is 0 Å². The molecule has 20 heavy (non-hydrogen) atoms. The average Bonchev–Trinajstić information content (AvgIpc) is 2.93. The molecule has 5 nitrogen and oxygen atoms in total. The third kappa shape index (κ3) is 2.57. The Bertz CT molecular complexity index is 582. The SMILES string of the molecule is CCCNc1cn2ccnc2c(N2CCSCC2C)n1. The van der Waals surface area contributed by atoms with Gasteiger partial charge in [-0.1, -0.05) is 6.92 Å². The summed E-state index contributed by atoms with van der Waals surface area (Å²) in [7, 11) is 0. The first kappa shape index (κ1) is 13.5. The Morgan fingerprint density at radius 1 is 1.50 bits per heavy atom. The lowest BCUT2D eigenvalue weighted by Gasteiger charge is -2.34. The molecule has 0 aromatic carbocycles. The molecule has 0 radical (unpaired) electrons. The molecule has 0 aliphatic carbocycles. The third-order valence-electron chi connectivity index (χ3n) is 3.55. The number of nitrogens with zero attached hydrogens (tertiary/aromatic N) is 4. The zero-order valence-electron chi connectivity index (χ0n) is 12.0. The normalized spacial score (nSPS) is 19.5. The van der Waals surface area contributed by atoms with E-state index in [0.717, 1.165) is 48.3 Å². The fourth-order valence-electron chi connectivity index (χ4n) is 2.49. The molecule has 0 amide bonds. The van der Waals surface area contributed by atoms with Crippen molar-refractivity contribution in [1.82, 2.24) is 14.4 Å². The molecule has 1 unspecified atom stereocenters. The number of rotatable bonds is 4. The minimum absolute atomic E-state index is 0.503. The molecule has 1 saturated heterocycles. The molecule has 1 N–H and O–H groups in total. The molecule has 108 valence electrons. The van der Waals surface area contributed by atoms with Gasteiger partial charge in [0.2, 0.25) is 0 Å². The minimum atomic E-state index is 0.503. The van der Waals surface area contributed by atoms with Crippen LogP contribution in [0.3, 0.4) is 0 Å². The van der Waals surface area contributed by atoms with E-state index in [0.29, 0.717) is 6.04 Å². The van der Waals surface area contributed by atoms with E-state index in [4.69, 9.17) is 4.98 Å². The van der Waals surface area contributed by atoms with Crippen molar-refractivity contribution in [2.24, 2.45) is 0 Å². The molecular formula is C14H21N5S. The molecule has 3 heterocycles. The van der Waals surface area contributed by atoms with Gasteiger partial charge < -0.3 is 14.6 Å². The molecule has 3 rings (SSSR count). The van der Waals surface area contributed by atoms with Gasteiger partial charge in [0, 0.05) is 43.0 Å². The van der Waals surface area contributed by atoms with Crippen molar-refractivity contribution in [2.75, 3.05) is 34.8 Å². The third-order valence-corrected chi connectivity index (χ3v) is 4.74. The fraction of sp³-hybridized carbons (Fsp3) is 0.571. The van der Waals surface area contributed by atoms with E-state index in [1.807, 2.05) is 30.4 Å². The van der Waals surface area contributed by atoms with Gasteiger partial charge in [0.15, 0.2) is 11.5 Å². The van der Waals surface area contributed by atoms with Gasteiger partial charge in [-0.25, -0.2) is 9.97 Å². The summed E-state index contributed by atoms with van der Waals surface area (Å²) >= 11 is 2.01. The number of hydrogen-bond acceptors (Lipinski definition) is 5. The summed E-state index contributed by atoms with van der Waals surface area (Å²) < 4.78 is 2.06. The van der Waals surface area contributed by atoms with Crippen LogP contribution in [0.2, 0.25) is 0 Å². The van der Waals surface area contributed by atoms with E-state index in [-0.39, 0.29) is 0 Å². The largest absolute Gasteiger partial charge is 0.369 e. The van der Waals surface area contributed by atoms with Crippen LogP contribution in [0, 0.1) is 0 Å². The Hall–Kier alpha value is -1.43. The highest BCUT2D eigenvalue weighted by molar-refractivity contribution is 7.99. The number of nitrogens with one attached hydrogen (secondary N) is 1. The second-order valence-corrected chi connectivity index (χ2v) is 6.30. The molecule has 1 aliphatic rings. The maximum atomic E-state index is 4.81. The molecule has 0 spiro atoms. The molecule has 1 fully saturated rings. The van der Waals surface area contributed by atoms with Crippen LogP contribution in [0.25, 0.3) is 5.65 Å². The maximum Gasteiger partial charge on any atom is 0.180 e. The lowest BCUT2D eigenvalue weighted by atomic mass is 10.3. The van der Waals surface area contributed by atoms with Crippen molar-refractivity contribution in [1.29, 1.82) is 0 Å². The molecule has 2 aromatic heterocycles. The molecule has 2 aromatic rings. The Morgan fingerprint density at radius 3 is 3.20 bits per heavy atom. The predicted octanol–water partition coefficient (Wildman–Crippen LogP) is 2.49. The number of imidazole rings is 1. The Kier molecular flexibility index (Phi) is 4.00. The van der Waals surface area contributed by atoms with Gasteiger partial charge in [-0.2, -0.15) is 11.8 Å². The second-order valence-electron chi connectivity index (χ2n) is 5.15. The summed E-state index contributed by atoms with van der Waals surface area (Å²) in [6.07, 6.45) is 6.94. The van der Waals surface area contributed by atoms with E-state index < -0.39 is 0 Å². The van der Waals surface area contributed by atoms with E-state index in [9.17, 15) is 0 Å². The van der Waals surface area contributed by atoms with Crippen molar-refractivity contribution in [3.05, 3.63) is 18.6 Å². The van der Waals surface area contributed by atoms with E-state index >= 15 is 0 Å².